The first-order valence-electron chi connectivity index (χ1n) is 5.77. The van der Waals surface area contributed by atoms with E-state index in [1.807, 2.05) is 6.92 Å². The Kier molecular flexibility index (Phi) is 3.96. The van der Waals surface area contributed by atoms with Crippen LogP contribution in [0.25, 0.3) is 0 Å². The van der Waals surface area contributed by atoms with Gasteiger partial charge in [-0.15, -0.1) is 5.10 Å². The standard InChI is InChI=1S/C12H14N4O2S/c1-2-13-10-6-3-4-7-11(10)19(17,18)16-12-8-5-9-14-15-12/h3-9,13H,2H2,1H3,(H,15,16). The van der Waals surface area contributed by atoms with Gasteiger partial charge in [-0.05, 0) is 31.2 Å². The predicted molar refractivity (Wildman–Crippen MR) is 73.4 cm³/mol. The SMILES string of the molecule is CCNc1ccccc1S(=O)(=O)Nc1cccnn1. The first-order valence-corrected chi connectivity index (χ1v) is 7.25. The van der Waals surface area contributed by atoms with E-state index < -0.39 is 10.0 Å². The van der Waals surface area contributed by atoms with Gasteiger partial charge in [0.05, 0.1) is 5.69 Å². The number of sulfonamides is 1. The van der Waals surface area contributed by atoms with Crippen molar-refractivity contribution in [3.8, 4) is 0 Å². The number of benzene rings is 1. The molecule has 0 unspecified atom stereocenters. The number of aromatic nitrogens is 2. The van der Waals surface area contributed by atoms with E-state index >= 15 is 0 Å². The van der Waals surface area contributed by atoms with Crippen molar-refractivity contribution < 1.29 is 8.42 Å². The highest BCUT2D eigenvalue weighted by Crippen LogP contribution is 2.22. The molecule has 1 heterocycles. The van der Waals surface area contributed by atoms with Crippen LogP contribution in [0.3, 0.4) is 0 Å². The van der Waals surface area contributed by atoms with Crippen LogP contribution < -0.4 is 10.0 Å². The Bertz CT molecular complexity index is 644. The van der Waals surface area contributed by atoms with Crippen molar-refractivity contribution >= 4 is 21.5 Å². The molecular weight excluding hydrogens is 264 g/mol. The maximum absolute atomic E-state index is 12.3. The summed E-state index contributed by atoms with van der Waals surface area (Å²) in [5, 5.41) is 10.3. The molecule has 0 saturated carbocycles. The minimum absolute atomic E-state index is 0.183. The second kappa shape index (κ2) is 5.66. The Balaban J connectivity index is 2.35. The number of hydrogen-bond acceptors (Lipinski definition) is 5. The Hall–Kier alpha value is -2.15. The lowest BCUT2D eigenvalue weighted by atomic mass is 10.3. The molecule has 7 heteroatoms. The van der Waals surface area contributed by atoms with Crippen LogP contribution in [-0.2, 0) is 10.0 Å². The van der Waals surface area contributed by atoms with Gasteiger partial charge < -0.3 is 5.32 Å². The lowest BCUT2D eigenvalue weighted by molar-refractivity contribution is 0.601. The van der Waals surface area contributed by atoms with Gasteiger partial charge in [0.1, 0.15) is 4.90 Å². The monoisotopic (exact) mass is 278 g/mol. The van der Waals surface area contributed by atoms with Crippen molar-refractivity contribution in [2.75, 3.05) is 16.6 Å². The Morgan fingerprint density at radius 2 is 1.95 bits per heavy atom. The molecule has 0 spiro atoms. The van der Waals surface area contributed by atoms with Crippen LogP contribution in [0.1, 0.15) is 6.92 Å². The maximum Gasteiger partial charge on any atom is 0.265 e. The number of nitrogens with one attached hydrogen (secondary N) is 2. The molecule has 0 bridgehead atoms. The minimum atomic E-state index is -3.68. The quantitative estimate of drug-likeness (QED) is 0.869. The molecule has 0 atom stereocenters. The first kappa shape index (κ1) is 13.3. The smallest absolute Gasteiger partial charge is 0.265 e. The summed E-state index contributed by atoms with van der Waals surface area (Å²) in [5.74, 6) is 0.189. The summed E-state index contributed by atoms with van der Waals surface area (Å²) in [4.78, 5) is 0.183. The van der Waals surface area contributed by atoms with Gasteiger partial charge in [0.15, 0.2) is 5.82 Å². The average Bonchev–Trinajstić information content (AvgIpc) is 2.40. The van der Waals surface area contributed by atoms with E-state index in [1.165, 1.54) is 12.3 Å². The summed E-state index contributed by atoms with van der Waals surface area (Å²) in [6, 6.07) is 9.86. The molecule has 1 aromatic carbocycles. The molecule has 6 nitrogen and oxygen atoms in total. The minimum Gasteiger partial charge on any atom is -0.384 e. The van der Waals surface area contributed by atoms with Crippen molar-refractivity contribution in [2.45, 2.75) is 11.8 Å². The third-order valence-electron chi connectivity index (χ3n) is 2.36. The summed E-state index contributed by atoms with van der Waals surface area (Å²) in [5.41, 5.74) is 0.557. The molecule has 100 valence electrons. The van der Waals surface area contributed by atoms with Crippen LogP contribution >= 0.6 is 0 Å². The van der Waals surface area contributed by atoms with Crippen molar-refractivity contribution in [1.29, 1.82) is 0 Å². The van der Waals surface area contributed by atoms with E-state index in [9.17, 15) is 8.42 Å². The van der Waals surface area contributed by atoms with E-state index in [4.69, 9.17) is 0 Å². The van der Waals surface area contributed by atoms with Crippen molar-refractivity contribution in [2.24, 2.45) is 0 Å². The van der Waals surface area contributed by atoms with Gasteiger partial charge in [-0.2, -0.15) is 5.10 Å². The summed E-state index contributed by atoms with van der Waals surface area (Å²) in [6.07, 6.45) is 1.48. The van der Waals surface area contributed by atoms with E-state index in [0.717, 1.165) is 0 Å². The number of rotatable bonds is 5. The van der Waals surface area contributed by atoms with E-state index in [1.54, 1.807) is 30.3 Å². The molecule has 0 aliphatic carbocycles. The second-order valence-corrected chi connectivity index (χ2v) is 5.39. The van der Waals surface area contributed by atoms with Gasteiger partial charge >= 0.3 is 0 Å². The molecule has 2 rings (SSSR count). The Morgan fingerprint density at radius 3 is 2.63 bits per heavy atom. The van der Waals surface area contributed by atoms with Crippen LogP contribution in [0.4, 0.5) is 11.5 Å². The molecule has 0 aliphatic rings. The van der Waals surface area contributed by atoms with Gasteiger partial charge in [0.25, 0.3) is 10.0 Å². The van der Waals surface area contributed by atoms with Crippen LogP contribution in [0, 0.1) is 0 Å². The average molecular weight is 278 g/mol. The molecule has 0 aliphatic heterocycles. The Labute approximate surface area is 111 Å². The topological polar surface area (TPSA) is 84.0 Å². The zero-order valence-electron chi connectivity index (χ0n) is 10.4. The van der Waals surface area contributed by atoms with Crippen LogP contribution in [-0.4, -0.2) is 25.2 Å². The summed E-state index contributed by atoms with van der Waals surface area (Å²) >= 11 is 0. The molecule has 0 radical (unpaired) electrons. The summed E-state index contributed by atoms with van der Waals surface area (Å²) in [6.45, 7) is 2.54. The molecule has 2 aromatic rings. The number of anilines is 2. The van der Waals surface area contributed by atoms with E-state index in [0.29, 0.717) is 12.2 Å². The highest BCUT2D eigenvalue weighted by atomic mass is 32.2. The van der Waals surface area contributed by atoms with E-state index in [2.05, 4.69) is 20.2 Å². The van der Waals surface area contributed by atoms with Gasteiger partial charge in [0, 0.05) is 12.7 Å². The fourth-order valence-electron chi connectivity index (χ4n) is 1.59. The number of para-hydroxylation sites is 1. The second-order valence-electron chi connectivity index (χ2n) is 3.74. The van der Waals surface area contributed by atoms with Gasteiger partial charge in [-0.1, -0.05) is 12.1 Å². The first-order chi connectivity index (χ1) is 9.13. The number of hydrogen-bond donors (Lipinski definition) is 2. The molecule has 2 N–H and O–H groups in total. The predicted octanol–water partition coefficient (Wildman–Crippen LogP) is 1.71. The number of nitrogens with zero attached hydrogens (tertiary/aromatic N) is 2. The van der Waals surface area contributed by atoms with Crippen LogP contribution in [0.15, 0.2) is 47.5 Å². The molecule has 0 saturated heterocycles. The van der Waals surface area contributed by atoms with Crippen molar-refractivity contribution in [1.82, 2.24) is 10.2 Å². The van der Waals surface area contributed by atoms with E-state index in [-0.39, 0.29) is 10.7 Å². The third-order valence-corrected chi connectivity index (χ3v) is 3.77. The Morgan fingerprint density at radius 1 is 1.16 bits per heavy atom. The third kappa shape index (κ3) is 3.19. The van der Waals surface area contributed by atoms with Gasteiger partial charge in [0.2, 0.25) is 0 Å². The normalized spacial score (nSPS) is 11.0. The molecular formula is C12H14N4O2S. The van der Waals surface area contributed by atoms with Crippen LogP contribution in [0.2, 0.25) is 0 Å². The molecule has 0 amide bonds. The van der Waals surface area contributed by atoms with Crippen molar-refractivity contribution in [3.63, 3.8) is 0 Å². The molecule has 0 fully saturated rings. The largest absolute Gasteiger partial charge is 0.384 e. The zero-order valence-corrected chi connectivity index (χ0v) is 11.2. The van der Waals surface area contributed by atoms with Crippen molar-refractivity contribution in [3.05, 3.63) is 42.6 Å². The molecule has 1 aromatic heterocycles. The van der Waals surface area contributed by atoms with Gasteiger partial charge in [-0.3, -0.25) is 4.72 Å². The summed E-state index contributed by atoms with van der Waals surface area (Å²) < 4.78 is 26.9. The highest BCUT2D eigenvalue weighted by molar-refractivity contribution is 7.92. The molecule has 19 heavy (non-hydrogen) atoms. The highest BCUT2D eigenvalue weighted by Gasteiger charge is 2.18. The fraction of sp³-hybridized carbons (Fsp3) is 0.167. The van der Waals surface area contributed by atoms with Gasteiger partial charge in [-0.25, -0.2) is 8.42 Å². The van der Waals surface area contributed by atoms with Crippen LogP contribution in [0.5, 0.6) is 0 Å². The maximum atomic E-state index is 12.3. The lowest BCUT2D eigenvalue weighted by Gasteiger charge is -2.11. The lowest BCUT2D eigenvalue weighted by Crippen LogP contribution is -2.16. The zero-order chi connectivity index (χ0) is 13.7. The summed E-state index contributed by atoms with van der Waals surface area (Å²) in [7, 11) is -3.68. The fourth-order valence-corrected chi connectivity index (χ4v) is 2.77.